The molecule has 0 aromatic carbocycles. The third kappa shape index (κ3) is 7.30. The minimum atomic E-state index is 0.186. The summed E-state index contributed by atoms with van der Waals surface area (Å²) in [5.74, 6) is 0. The first kappa shape index (κ1) is 11.2. The molecule has 0 saturated carbocycles. The number of methoxy groups -OCH3 is 1. The molecule has 0 spiro atoms. The van der Waals surface area contributed by atoms with E-state index in [1.807, 2.05) is 0 Å². The standard InChI is InChI=1S/C7H16N2O3/c1-9-7(8)12-6-5-11-4-3-10-2/h3-6H2,1-2H3,(H2,8,9). The van der Waals surface area contributed by atoms with Crippen LogP contribution in [0.25, 0.3) is 0 Å². The highest BCUT2D eigenvalue weighted by Crippen LogP contribution is 1.79. The van der Waals surface area contributed by atoms with E-state index in [9.17, 15) is 0 Å². The molecule has 12 heavy (non-hydrogen) atoms. The van der Waals surface area contributed by atoms with Gasteiger partial charge in [-0.1, -0.05) is 0 Å². The zero-order chi connectivity index (χ0) is 9.23. The van der Waals surface area contributed by atoms with E-state index in [4.69, 9.17) is 19.9 Å². The van der Waals surface area contributed by atoms with Crippen molar-refractivity contribution in [2.45, 2.75) is 0 Å². The van der Waals surface area contributed by atoms with Gasteiger partial charge in [0.05, 0.1) is 19.8 Å². The van der Waals surface area contributed by atoms with Crippen LogP contribution < -0.4 is 5.73 Å². The lowest BCUT2D eigenvalue weighted by atomic mass is 10.7. The number of aliphatic imine (C=N–C) groups is 1. The quantitative estimate of drug-likeness (QED) is 0.340. The molecular weight excluding hydrogens is 160 g/mol. The SMILES string of the molecule is CN=C(N)OCCOCCOC. The van der Waals surface area contributed by atoms with Crippen LogP contribution in [-0.2, 0) is 14.2 Å². The van der Waals surface area contributed by atoms with Gasteiger partial charge in [0.25, 0.3) is 6.02 Å². The number of nitrogens with two attached hydrogens (primary N) is 1. The maximum atomic E-state index is 5.26. The molecule has 0 unspecified atom stereocenters. The van der Waals surface area contributed by atoms with Crippen molar-refractivity contribution in [1.29, 1.82) is 0 Å². The molecule has 5 heteroatoms. The summed E-state index contributed by atoms with van der Waals surface area (Å²) in [4.78, 5) is 3.61. The molecular formula is C7H16N2O3. The van der Waals surface area contributed by atoms with Crippen molar-refractivity contribution in [3.05, 3.63) is 0 Å². The van der Waals surface area contributed by atoms with Gasteiger partial charge in [-0.25, -0.2) is 4.99 Å². The van der Waals surface area contributed by atoms with E-state index in [0.29, 0.717) is 26.4 Å². The van der Waals surface area contributed by atoms with Gasteiger partial charge in [0.2, 0.25) is 0 Å². The Morgan fingerprint density at radius 3 is 2.50 bits per heavy atom. The van der Waals surface area contributed by atoms with Crippen LogP contribution in [0, 0.1) is 0 Å². The van der Waals surface area contributed by atoms with Crippen LogP contribution in [0.2, 0.25) is 0 Å². The highest BCUT2D eigenvalue weighted by atomic mass is 16.5. The average molecular weight is 176 g/mol. The van der Waals surface area contributed by atoms with E-state index < -0.39 is 0 Å². The van der Waals surface area contributed by atoms with E-state index in [2.05, 4.69) is 4.99 Å². The lowest BCUT2D eigenvalue weighted by molar-refractivity contribution is 0.0521. The second-order valence-corrected chi connectivity index (χ2v) is 2.02. The Hall–Kier alpha value is -0.810. The fourth-order valence-electron chi connectivity index (χ4n) is 0.514. The van der Waals surface area contributed by atoms with Crippen LogP contribution in [0.4, 0.5) is 0 Å². The second kappa shape index (κ2) is 8.29. The van der Waals surface area contributed by atoms with Gasteiger partial charge < -0.3 is 19.9 Å². The topological polar surface area (TPSA) is 66.1 Å². The summed E-state index contributed by atoms with van der Waals surface area (Å²) in [6.07, 6.45) is 0. The Bertz CT molecular complexity index is 128. The predicted octanol–water partition coefficient (Wildman–Crippen LogP) is -0.389. The predicted molar refractivity (Wildman–Crippen MR) is 46.2 cm³/mol. The minimum absolute atomic E-state index is 0.186. The number of nitrogens with zero attached hydrogens (tertiary/aromatic N) is 1. The monoisotopic (exact) mass is 176 g/mol. The molecule has 0 amide bonds. The first-order valence-corrected chi connectivity index (χ1v) is 3.73. The van der Waals surface area contributed by atoms with Gasteiger partial charge in [0.1, 0.15) is 6.61 Å². The van der Waals surface area contributed by atoms with Crippen molar-refractivity contribution in [3.8, 4) is 0 Å². The van der Waals surface area contributed by atoms with Gasteiger partial charge in [-0.3, -0.25) is 0 Å². The largest absolute Gasteiger partial charge is 0.463 e. The first-order chi connectivity index (χ1) is 5.81. The van der Waals surface area contributed by atoms with Crippen molar-refractivity contribution in [2.75, 3.05) is 40.6 Å². The number of hydrogen-bond acceptors (Lipinski definition) is 4. The fourth-order valence-corrected chi connectivity index (χ4v) is 0.514. The normalized spacial score (nSPS) is 11.7. The minimum Gasteiger partial charge on any atom is -0.463 e. The van der Waals surface area contributed by atoms with Gasteiger partial charge in [-0.2, -0.15) is 0 Å². The molecule has 0 aliphatic heterocycles. The fraction of sp³-hybridized carbons (Fsp3) is 0.857. The van der Waals surface area contributed by atoms with Crippen LogP contribution in [0.1, 0.15) is 0 Å². The summed E-state index contributed by atoms with van der Waals surface area (Å²) >= 11 is 0. The smallest absolute Gasteiger partial charge is 0.281 e. The summed E-state index contributed by atoms with van der Waals surface area (Å²) in [5.41, 5.74) is 5.26. The number of hydrogen-bond donors (Lipinski definition) is 1. The van der Waals surface area contributed by atoms with Gasteiger partial charge in [0, 0.05) is 14.2 Å². The number of rotatable bonds is 6. The molecule has 2 N–H and O–H groups in total. The molecule has 0 aliphatic carbocycles. The van der Waals surface area contributed by atoms with Crippen LogP contribution in [0.3, 0.4) is 0 Å². The zero-order valence-corrected chi connectivity index (χ0v) is 7.58. The summed E-state index contributed by atoms with van der Waals surface area (Å²) < 4.78 is 14.8. The molecule has 0 aromatic rings. The van der Waals surface area contributed by atoms with Crippen molar-refractivity contribution >= 4 is 6.02 Å². The molecule has 0 atom stereocenters. The Balaban J connectivity index is 3.00. The summed E-state index contributed by atoms with van der Waals surface area (Å²) in [7, 11) is 3.20. The summed E-state index contributed by atoms with van der Waals surface area (Å²) in [6, 6.07) is 0.186. The number of amidine groups is 1. The van der Waals surface area contributed by atoms with Crippen LogP contribution in [0.5, 0.6) is 0 Å². The molecule has 0 fully saturated rings. The van der Waals surface area contributed by atoms with E-state index >= 15 is 0 Å². The van der Waals surface area contributed by atoms with Crippen LogP contribution in [-0.4, -0.2) is 46.6 Å². The third-order valence-corrected chi connectivity index (χ3v) is 1.13. The van der Waals surface area contributed by atoms with Gasteiger partial charge in [0.15, 0.2) is 0 Å². The van der Waals surface area contributed by atoms with Crippen molar-refractivity contribution < 1.29 is 14.2 Å². The lowest BCUT2D eigenvalue weighted by Crippen LogP contribution is -2.19. The molecule has 5 nitrogen and oxygen atoms in total. The summed E-state index contributed by atoms with van der Waals surface area (Å²) in [5, 5.41) is 0. The first-order valence-electron chi connectivity index (χ1n) is 3.73. The van der Waals surface area contributed by atoms with Gasteiger partial charge in [-0.05, 0) is 0 Å². The van der Waals surface area contributed by atoms with E-state index in [1.54, 1.807) is 14.2 Å². The van der Waals surface area contributed by atoms with E-state index in [0.717, 1.165) is 0 Å². The third-order valence-electron chi connectivity index (χ3n) is 1.13. The maximum Gasteiger partial charge on any atom is 0.281 e. The lowest BCUT2D eigenvalue weighted by Gasteiger charge is -2.04. The van der Waals surface area contributed by atoms with E-state index in [1.165, 1.54) is 0 Å². The van der Waals surface area contributed by atoms with Crippen molar-refractivity contribution in [1.82, 2.24) is 0 Å². The molecule has 72 valence electrons. The van der Waals surface area contributed by atoms with Crippen LogP contribution >= 0.6 is 0 Å². The molecule has 0 bridgehead atoms. The highest BCUT2D eigenvalue weighted by Gasteiger charge is 1.91. The zero-order valence-electron chi connectivity index (χ0n) is 7.58. The molecule has 0 heterocycles. The number of ether oxygens (including phenoxy) is 3. The molecule has 0 saturated heterocycles. The second-order valence-electron chi connectivity index (χ2n) is 2.02. The van der Waals surface area contributed by atoms with Crippen molar-refractivity contribution in [2.24, 2.45) is 10.7 Å². The van der Waals surface area contributed by atoms with Gasteiger partial charge >= 0.3 is 0 Å². The maximum absolute atomic E-state index is 5.26. The highest BCUT2D eigenvalue weighted by molar-refractivity contribution is 5.70. The van der Waals surface area contributed by atoms with Crippen LogP contribution in [0.15, 0.2) is 4.99 Å². The average Bonchev–Trinajstić information content (AvgIpc) is 2.10. The Morgan fingerprint density at radius 1 is 1.25 bits per heavy atom. The molecule has 0 radical (unpaired) electrons. The molecule has 0 aromatic heterocycles. The molecule has 0 aliphatic rings. The van der Waals surface area contributed by atoms with E-state index in [-0.39, 0.29) is 6.02 Å². The van der Waals surface area contributed by atoms with Gasteiger partial charge in [-0.15, -0.1) is 0 Å². The Kier molecular flexibility index (Phi) is 7.73. The Labute approximate surface area is 72.5 Å². The van der Waals surface area contributed by atoms with Crippen molar-refractivity contribution in [3.63, 3.8) is 0 Å². The molecule has 0 rings (SSSR count). The summed E-state index contributed by atoms with van der Waals surface area (Å²) in [6.45, 7) is 2.09. The Morgan fingerprint density at radius 2 is 1.92 bits per heavy atom.